The molecule has 1 atom stereocenters. The topological polar surface area (TPSA) is 85.0 Å². The normalized spacial score (nSPS) is 16.9. The highest BCUT2D eigenvalue weighted by Gasteiger charge is 2.28. The van der Waals surface area contributed by atoms with Gasteiger partial charge in [0.1, 0.15) is 0 Å². The number of pyridine rings is 2. The number of hydrogen-bond acceptors (Lipinski definition) is 7. The molecular weight excluding hydrogens is 374 g/mol. The first-order chi connectivity index (χ1) is 13.8. The fourth-order valence-electron chi connectivity index (χ4n) is 3.36. The molecule has 0 saturated carbocycles. The van der Waals surface area contributed by atoms with E-state index in [-0.39, 0.29) is 11.9 Å². The number of aromatic nitrogens is 4. The molecule has 8 heteroatoms. The second-order valence-corrected chi connectivity index (χ2v) is 7.61. The van der Waals surface area contributed by atoms with Gasteiger partial charge >= 0.3 is 0 Å². The first-order valence-electron chi connectivity index (χ1n) is 9.38. The van der Waals surface area contributed by atoms with Crippen molar-refractivity contribution in [2.75, 3.05) is 12.3 Å². The van der Waals surface area contributed by atoms with E-state index in [1.165, 1.54) is 11.8 Å². The number of carbonyl (C=O) groups excluding carboxylic acids is 1. The first-order valence-corrected chi connectivity index (χ1v) is 10.4. The molecule has 0 radical (unpaired) electrons. The van der Waals surface area contributed by atoms with Crippen LogP contribution in [-0.2, 0) is 4.79 Å². The van der Waals surface area contributed by atoms with Crippen LogP contribution in [0.4, 0.5) is 0 Å². The third-order valence-electron chi connectivity index (χ3n) is 4.73. The van der Waals surface area contributed by atoms with Gasteiger partial charge in [-0.3, -0.25) is 14.8 Å². The number of hydrogen-bond donors (Lipinski definition) is 0. The lowest BCUT2D eigenvalue weighted by atomic mass is 9.98. The highest BCUT2D eigenvalue weighted by Crippen LogP contribution is 2.31. The second kappa shape index (κ2) is 8.97. The van der Waals surface area contributed by atoms with Crippen molar-refractivity contribution in [3.8, 4) is 11.5 Å². The summed E-state index contributed by atoms with van der Waals surface area (Å²) in [5.74, 6) is 1.21. The van der Waals surface area contributed by atoms with Crippen molar-refractivity contribution in [3.05, 3.63) is 54.6 Å². The van der Waals surface area contributed by atoms with Crippen LogP contribution in [0.3, 0.4) is 0 Å². The maximum Gasteiger partial charge on any atom is 0.276 e. The van der Waals surface area contributed by atoms with E-state index in [2.05, 4.69) is 20.2 Å². The van der Waals surface area contributed by atoms with Crippen LogP contribution in [-0.4, -0.2) is 43.3 Å². The molecular formula is C20H21N5O2S. The molecule has 1 saturated heterocycles. The van der Waals surface area contributed by atoms with Gasteiger partial charge in [-0.25, -0.2) is 0 Å². The Balaban J connectivity index is 1.33. The third-order valence-corrected chi connectivity index (χ3v) is 5.55. The number of piperidine rings is 1. The van der Waals surface area contributed by atoms with E-state index >= 15 is 0 Å². The minimum absolute atomic E-state index is 0.0779. The lowest BCUT2D eigenvalue weighted by Gasteiger charge is -2.35. The largest absolute Gasteiger partial charge is 0.411 e. The Morgan fingerprint density at radius 2 is 2.04 bits per heavy atom. The molecule has 1 aliphatic heterocycles. The van der Waals surface area contributed by atoms with E-state index in [1.807, 2.05) is 35.2 Å². The van der Waals surface area contributed by atoms with E-state index in [0.29, 0.717) is 23.3 Å². The summed E-state index contributed by atoms with van der Waals surface area (Å²) in [5.41, 5.74) is 1.80. The Morgan fingerprint density at radius 3 is 2.86 bits per heavy atom. The molecule has 3 aromatic heterocycles. The molecule has 1 unspecified atom stereocenters. The zero-order valence-corrected chi connectivity index (χ0v) is 16.2. The molecule has 4 heterocycles. The molecule has 4 rings (SSSR count). The first kappa shape index (κ1) is 18.6. The molecule has 3 aromatic rings. The van der Waals surface area contributed by atoms with Crippen LogP contribution in [0.1, 0.15) is 37.4 Å². The summed E-state index contributed by atoms with van der Waals surface area (Å²) in [4.78, 5) is 23.2. The molecule has 1 amide bonds. The van der Waals surface area contributed by atoms with Gasteiger partial charge in [-0.2, -0.15) is 0 Å². The summed E-state index contributed by atoms with van der Waals surface area (Å²) in [5, 5.41) is 8.58. The van der Waals surface area contributed by atoms with Crippen LogP contribution in [0, 0.1) is 0 Å². The van der Waals surface area contributed by atoms with Crippen molar-refractivity contribution >= 4 is 17.7 Å². The smallest absolute Gasteiger partial charge is 0.276 e. The summed E-state index contributed by atoms with van der Waals surface area (Å²) in [6.07, 6.45) is 8.72. The van der Waals surface area contributed by atoms with E-state index in [4.69, 9.17) is 4.42 Å². The quantitative estimate of drug-likeness (QED) is 0.587. The molecule has 0 bridgehead atoms. The molecule has 0 spiro atoms. The van der Waals surface area contributed by atoms with E-state index in [9.17, 15) is 4.79 Å². The molecule has 144 valence electrons. The van der Waals surface area contributed by atoms with Gasteiger partial charge in [0, 0.05) is 42.9 Å². The van der Waals surface area contributed by atoms with Gasteiger partial charge in [0.2, 0.25) is 11.8 Å². The highest BCUT2D eigenvalue weighted by molar-refractivity contribution is 7.99. The Bertz CT molecular complexity index is 903. The highest BCUT2D eigenvalue weighted by atomic mass is 32.2. The van der Waals surface area contributed by atoms with Crippen molar-refractivity contribution in [3.63, 3.8) is 0 Å². The maximum absolute atomic E-state index is 12.8. The summed E-state index contributed by atoms with van der Waals surface area (Å²) in [6, 6.07) is 9.60. The van der Waals surface area contributed by atoms with Crippen LogP contribution < -0.4 is 0 Å². The predicted octanol–water partition coefficient (Wildman–Crippen LogP) is 3.76. The minimum atomic E-state index is 0.0779. The molecule has 7 nitrogen and oxygen atoms in total. The summed E-state index contributed by atoms with van der Waals surface area (Å²) in [6.45, 7) is 0.789. The lowest BCUT2D eigenvalue weighted by molar-refractivity contribution is -0.134. The standard InChI is InChI=1S/C20H21N5O2S/c26-18(25-13-4-2-6-17(25)16-5-1-3-10-22-16)9-14-28-20-24-23-19(27-20)15-7-11-21-12-8-15/h1,3,5,7-8,10-12,17H,2,4,6,9,13-14H2. The average molecular weight is 395 g/mol. The van der Waals surface area contributed by atoms with E-state index in [1.54, 1.807) is 18.6 Å². The molecule has 0 aromatic carbocycles. The maximum atomic E-state index is 12.8. The van der Waals surface area contributed by atoms with Crippen LogP contribution in [0.25, 0.3) is 11.5 Å². The molecule has 1 fully saturated rings. The number of likely N-dealkylation sites (tertiary alicyclic amines) is 1. The Morgan fingerprint density at radius 1 is 1.14 bits per heavy atom. The second-order valence-electron chi connectivity index (χ2n) is 6.56. The molecule has 0 aliphatic carbocycles. The number of carbonyl (C=O) groups is 1. The number of thioether (sulfide) groups is 1. The van der Waals surface area contributed by atoms with Crippen LogP contribution >= 0.6 is 11.8 Å². The monoisotopic (exact) mass is 395 g/mol. The predicted molar refractivity (Wildman–Crippen MR) is 105 cm³/mol. The molecule has 0 N–H and O–H groups in total. The number of nitrogens with zero attached hydrogens (tertiary/aromatic N) is 5. The fourth-order valence-corrected chi connectivity index (χ4v) is 4.05. The molecule has 28 heavy (non-hydrogen) atoms. The lowest BCUT2D eigenvalue weighted by Crippen LogP contribution is -2.39. The van der Waals surface area contributed by atoms with Crippen molar-refractivity contribution in [1.82, 2.24) is 25.1 Å². The number of rotatable bonds is 6. The van der Waals surface area contributed by atoms with Crippen molar-refractivity contribution in [2.24, 2.45) is 0 Å². The molecule has 1 aliphatic rings. The minimum Gasteiger partial charge on any atom is -0.411 e. The zero-order chi connectivity index (χ0) is 19.2. The van der Waals surface area contributed by atoms with Gasteiger partial charge in [-0.15, -0.1) is 10.2 Å². The van der Waals surface area contributed by atoms with E-state index < -0.39 is 0 Å². The van der Waals surface area contributed by atoms with Gasteiger partial charge in [-0.05, 0) is 43.5 Å². The van der Waals surface area contributed by atoms with Gasteiger partial charge in [0.15, 0.2) is 0 Å². The fraction of sp³-hybridized carbons (Fsp3) is 0.350. The Hall–Kier alpha value is -2.74. The van der Waals surface area contributed by atoms with E-state index in [0.717, 1.165) is 37.1 Å². The third kappa shape index (κ3) is 4.39. The SMILES string of the molecule is O=C(CCSc1nnc(-c2ccncc2)o1)N1CCCCC1c1ccccn1. The summed E-state index contributed by atoms with van der Waals surface area (Å²) < 4.78 is 5.67. The van der Waals surface area contributed by atoms with Crippen LogP contribution in [0.5, 0.6) is 0 Å². The van der Waals surface area contributed by atoms with Gasteiger partial charge in [0.25, 0.3) is 5.22 Å². The van der Waals surface area contributed by atoms with Crippen molar-refractivity contribution in [1.29, 1.82) is 0 Å². The Kier molecular flexibility index (Phi) is 5.96. The zero-order valence-electron chi connectivity index (χ0n) is 15.4. The van der Waals surface area contributed by atoms with Crippen molar-refractivity contribution in [2.45, 2.75) is 36.9 Å². The summed E-state index contributed by atoms with van der Waals surface area (Å²) in [7, 11) is 0. The van der Waals surface area contributed by atoms with Crippen molar-refractivity contribution < 1.29 is 9.21 Å². The van der Waals surface area contributed by atoms with Gasteiger partial charge in [0.05, 0.1) is 11.7 Å². The average Bonchev–Trinajstić information content (AvgIpc) is 3.24. The van der Waals surface area contributed by atoms with Gasteiger partial charge in [-0.1, -0.05) is 17.8 Å². The van der Waals surface area contributed by atoms with Crippen LogP contribution in [0.2, 0.25) is 0 Å². The van der Waals surface area contributed by atoms with Crippen LogP contribution in [0.15, 0.2) is 58.6 Å². The van der Waals surface area contributed by atoms with Gasteiger partial charge < -0.3 is 9.32 Å². The summed E-state index contributed by atoms with van der Waals surface area (Å²) >= 11 is 1.41. The Labute approximate surface area is 167 Å². The number of amides is 1.